The highest BCUT2D eigenvalue weighted by Gasteiger charge is 2.36. The van der Waals surface area contributed by atoms with Gasteiger partial charge in [-0.15, -0.1) is 0 Å². The highest BCUT2D eigenvalue weighted by molar-refractivity contribution is 5.80. The Bertz CT molecular complexity index is 585. The number of carbonyl (C=O) groups is 1. The van der Waals surface area contributed by atoms with E-state index in [4.69, 9.17) is 4.74 Å². The first-order chi connectivity index (χ1) is 13.6. The van der Waals surface area contributed by atoms with E-state index < -0.39 is 0 Å². The highest BCUT2D eigenvalue weighted by Crippen LogP contribution is 2.32. The zero-order valence-electron chi connectivity index (χ0n) is 18.1. The van der Waals surface area contributed by atoms with Crippen molar-refractivity contribution in [1.29, 1.82) is 0 Å². The molecule has 5 nitrogen and oxygen atoms in total. The van der Waals surface area contributed by atoms with Crippen LogP contribution in [0.3, 0.4) is 0 Å². The van der Waals surface area contributed by atoms with Crippen molar-refractivity contribution in [2.75, 3.05) is 39.9 Å². The molecule has 2 fully saturated rings. The van der Waals surface area contributed by atoms with Gasteiger partial charge in [0.15, 0.2) is 0 Å². The lowest BCUT2D eigenvalue weighted by Crippen LogP contribution is -2.52. The van der Waals surface area contributed by atoms with Crippen molar-refractivity contribution in [2.45, 2.75) is 64.5 Å². The molecule has 2 aliphatic rings. The SMILES string of the molecule is COCCCN(CC1CCCN2CCCCC12)C(=O)C(C(C)C)n1cccc1. The number of carbonyl (C=O) groups excluding carboxylic acids is 1. The first-order valence-electron chi connectivity index (χ1n) is 11.3. The maximum atomic E-state index is 13.7. The van der Waals surface area contributed by atoms with Gasteiger partial charge in [-0.3, -0.25) is 4.79 Å². The minimum Gasteiger partial charge on any atom is -0.385 e. The zero-order chi connectivity index (χ0) is 19.9. The van der Waals surface area contributed by atoms with Crippen LogP contribution in [0.4, 0.5) is 0 Å². The van der Waals surface area contributed by atoms with Crippen LogP contribution in [0.1, 0.15) is 58.4 Å². The van der Waals surface area contributed by atoms with Crippen LogP contribution in [0.2, 0.25) is 0 Å². The highest BCUT2D eigenvalue weighted by atomic mass is 16.5. The maximum absolute atomic E-state index is 13.7. The minimum absolute atomic E-state index is 0.122. The van der Waals surface area contributed by atoms with Crippen molar-refractivity contribution in [2.24, 2.45) is 11.8 Å². The third kappa shape index (κ3) is 5.18. The normalized spacial score (nSPS) is 24.1. The van der Waals surface area contributed by atoms with Gasteiger partial charge in [-0.05, 0) is 69.2 Å². The second-order valence-corrected chi connectivity index (χ2v) is 8.95. The fraction of sp³-hybridized carbons (Fsp3) is 0.783. The van der Waals surface area contributed by atoms with Crippen LogP contribution >= 0.6 is 0 Å². The number of hydrogen-bond donors (Lipinski definition) is 0. The van der Waals surface area contributed by atoms with Gasteiger partial charge in [-0.2, -0.15) is 0 Å². The number of methoxy groups -OCH3 is 1. The molecule has 1 aromatic heterocycles. The molecule has 5 heteroatoms. The van der Waals surface area contributed by atoms with Crippen LogP contribution in [0.5, 0.6) is 0 Å². The maximum Gasteiger partial charge on any atom is 0.245 e. The Kier molecular flexibility index (Phi) is 7.98. The van der Waals surface area contributed by atoms with Gasteiger partial charge in [0.1, 0.15) is 6.04 Å². The van der Waals surface area contributed by atoms with Crippen molar-refractivity contribution in [1.82, 2.24) is 14.4 Å². The molecule has 3 atom stereocenters. The van der Waals surface area contributed by atoms with Gasteiger partial charge in [0.25, 0.3) is 0 Å². The van der Waals surface area contributed by atoms with E-state index in [1.807, 2.05) is 24.5 Å². The number of rotatable bonds is 9. The molecule has 0 radical (unpaired) electrons. The van der Waals surface area contributed by atoms with Crippen LogP contribution in [-0.4, -0.2) is 66.2 Å². The van der Waals surface area contributed by atoms with E-state index in [0.29, 0.717) is 18.6 Å². The summed E-state index contributed by atoms with van der Waals surface area (Å²) >= 11 is 0. The Labute approximate surface area is 171 Å². The topological polar surface area (TPSA) is 37.7 Å². The summed E-state index contributed by atoms with van der Waals surface area (Å²) in [7, 11) is 1.74. The number of nitrogens with zero attached hydrogens (tertiary/aromatic N) is 3. The molecule has 3 rings (SSSR count). The zero-order valence-corrected chi connectivity index (χ0v) is 18.1. The molecule has 3 unspecified atom stereocenters. The molecule has 0 spiro atoms. The third-order valence-electron chi connectivity index (χ3n) is 6.60. The molecule has 0 aliphatic carbocycles. The molecule has 28 heavy (non-hydrogen) atoms. The van der Waals surface area contributed by atoms with E-state index >= 15 is 0 Å². The molecule has 0 bridgehead atoms. The summed E-state index contributed by atoms with van der Waals surface area (Å²) in [5, 5.41) is 0. The Morgan fingerprint density at radius 3 is 2.61 bits per heavy atom. The average molecular weight is 390 g/mol. The predicted octanol–water partition coefficient (Wildman–Crippen LogP) is 3.81. The Hall–Kier alpha value is -1.33. The van der Waals surface area contributed by atoms with Crippen LogP contribution in [0.25, 0.3) is 0 Å². The molecule has 1 aromatic rings. The number of hydrogen-bond acceptors (Lipinski definition) is 3. The number of aromatic nitrogens is 1. The monoisotopic (exact) mass is 389 g/mol. The lowest BCUT2D eigenvalue weighted by atomic mass is 9.83. The van der Waals surface area contributed by atoms with E-state index in [0.717, 1.165) is 19.5 Å². The molecule has 0 aromatic carbocycles. The van der Waals surface area contributed by atoms with Gasteiger partial charge in [0.2, 0.25) is 5.91 Å². The largest absolute Gasteiger partial charge is 0.385 e. The van der Waals surface area contributed by atoms with Gasteiger partial charge in [0, 0.05) is 45.2 Å². The molecular weight excluding hydrogens is 350 g/mol. The number of piperidine rings is 2. The van der Waals surface area contributed by atoms with E-state index in [1.54, 1.807) is 7.11 Å². The standard InChI is InChI=1S/C23H39N3O2/c1-19(2)22(25-13-6-7-14-25)23(27)26(16-9-17-28-3)18-20-10-8-15-24-12-5-4-11-21(20)24/h6-7,13-14,19-22H,4-5,8-12,15-18H2,1-3H3. The van der Waals surface area contributed by atoms with Crippen LogP contribution in [0.15, 0.2) is 24.5 Å². The minimum atomic E-state index is -0.122. The van der Waals surface area contributed by atoms with Crippen molar-refractivity contribution < 1.29 is 9.53 Å². The fourth-order valence-corrected chi connectivity index (χ4v) is 5.24. The van der Waals surface area contributed by atoms with Crippen molar-refractivity contribution >= 4 is 5.91 Å². The molecule has 2 saturated heterocycles. The average Bonchev–Trinajstić information content (AvgIpc) is 3.21. The lowest BCUT2D eigenvalue weighted by molar-refractivity contribution is -0.137. The number of fused-ring (bicyclic) bond motifs is 1. The van der Waals surface area contributed by atoms with Gasteiger partial charge in [-0.1, -0.05) is 20.3 Å². The summed E-state index contributed by atoms with van der Waals surface area (Å²) in [5.74, 6) is 1.15. The predicted molar refractivity (Wildman–Crippen MR) is 113 cm³/mol. The van der Waals surface area contributed by atoms with E-state index in [-0.39, 0.29) is 17.9 Å². The van der Waals surface area contributed by atoms with Crippen molar-refractivity contribution in [3.63, 3.8) is 0 Å². The van der Waals surface area contributed by atoms with Gasteiger partial charge >= 0.3 is 0 Å². The third-order valence-corrected chi connectivity index (χ3v) is 6.60. The Morgan fingerprint density at radius 1 is 1.14 bits per heavy atom. The molecule has 0 N–H and O–H groups in total. The van der Waals surface area contributed by atoms with E-state index in [9.17, 15) is 4.79 Å². The molecule has 1 amide bonds. The van der Waals surface area contributed by atoms with Crippen LogP contribution in [-0.2, 0) is 9.53 Å². The van der Waals surface area contributed by atoms with Gasteiger partial charge < -0.3 is 19.1 Å². The van der Waals surface area contributed by atoms with E-state index in [2.05, 4.69) is 28.2 Å². The van der Waals surface area contributed by atoms with E-state index in [1.165, 1.54) is 45.2 Å². The first-order valence-corrected chi connectivity index (χ1v) is 11.3. The fourth-order valence-electron chi connectivity index (χ4n) is 5.24. The Balaban J connectivity index is 1.74. The summed E-state index contributed by atoms with van der Waals surface area (Å²) in [5.41, 5.74) is 0. The van der Waals surface area contributed by atoms with Gasteiger partial charge in [-0.25, -0.2) is 0 Å². The van der Waals surface area contributed by atoms with Crippen LogP contribution in [0, 0.1) is 11.8 Å². The second-order valence-electron chi connectivity index (χ2n) is 8.95. The van der Waals surface area contributed by atoms with Crippen molar-refractivity contribution in [3.05, 3.63) is 24.5 Å². The quantitative estimate of drug-likeness (QED) is 0.603. The smallest absolute Gasteiger partial charge is 0.245 e. The summed E-state index contributed by atoms with van der Waals surface area (Å²) < 4.78 is 7.36. The molecule has 158 valence electrons. The summed E-state index contributed by atoms with van der Waals surface area (Å²) in [6.07, 6.45) is 11.5. The van der Waals surface area contributed by atoms with Gasteiger partial charge in [0.05, 0.1) is 0 Å². The first kappa shape index (κ1) is 21.4. The lowest BCUT2D eigenvalue weighted by Gasteiger charge is -2.46. The van der Waals surface area contributed by atoms with Crippen molar-refractivity contribution in [3.8, 4) is 0 Å². The number of amides is 1. The Morgan fingerprint density at radius 2 is 1.89 bits per heavy atom. The van der Waals surface area contributed by atoms with Crippen LogP contribution < -0.4 is 0 Å². The number of ether oxygens (including phenoxy) is 1. The molecule has 3 heterocycles. The molecule has 0 saturated carbocycles. The summed E-state index contributed by atoms with van der Waals surface area (Å²) in [6, 6.07) is 4.57. The second kappa shape index (κ2) is 10.4. The summed E-state index contributed by atoms with van der Waals surface area (Å²) in [4.78, 5) is 18.5. The molecular formula is C23H39N3O2. The summed E-state index contributed by atoms with van der Waals surface area (Å²) in [6.45, 7) is 9.20. The molecule has 2 aliphatic heterocycles.